The van der Waals surface area contributed by atoms with Crippen LogP contribution < -0.4 is 0 Å². The zero-order valence-corrected chi connectivity index (χ0v) is 10.2. The minimum absolute atomic E-state index is 0.0259. The summed E-state index contributed by atoms with van der Waals surface area (Å²) in [7, 11) is 0. The fraction of sp³-hybridized carbons (Fsp3) is 1.00. The van der Waals surface area contributed by atoms with Crippen LogP contribution in [0.25, 0.3) is 0 Å². The maximum Gasteiger partial charge on any atom is 0.114 e. The van der Waals surface area contributed by atoms with E-state index in [1.165, 1.54) is 0 Å². The molecule has 4 unspecified atom stereocenters. The minimum Gasteiger partial charge on any atom is -0.396 e. The van der Waals surface area contributed by atoms with Gasteiger partial charge in [0, 0.05) is 6.61 Å². The first-order valence-electron chi connectivity index (χ1n) is 5.78. The molecular formula is C11H22O6. The van der Waals surface area contributed by atoms with Crippen LogP contribution in [0, 0.1) is 0 Å². The summed E-state index contributed by atoms with van der Waals surface area (Å²) in [6.45, 7) is 3.25. The normalized spacial score (nSPS) is 31.8. The van der Waals surface area contributed by atoms with Crippen LogP contribution in [0.3, 0.4) is 0 Å². The molecule has 0 spiro atoms. The molecule has 17 heavy (non-hydrogen) atoms. The Labute approximate surface area is 101 Å². The first-order chi connectivity index (χ1) is 7.91. The van der Waals surface area contributed by atoms with E-state index in [1.807, 2.05) is 0 Å². The first-order valence-corrected chi connectivity index (χ1v) is 5.78. The predicted octanol–water partition coefficient (Wildman–Crippen LogP) is -1.35. The van der Waals surface area contributed by atoms with Gasteiger partial charge >= 0.3 is 0 Å². The van der Waals surface area contributed by atoms with Crippen LogP contribution in [0.15, 0.2) is 0 Å². The van der Waals surface area contributed by atoms with Gasteiger partial charge in [0.1, 0.15) is 24.4 Å². The van der Waals surface area contributed by atoms with Gasteiger partial charge in [-0.15, -0.1) is 0 Å². The smallest absolute Gasteiger partial charge is 0.114 e. The second-order valence-electron chi connectivity index (χ2n) is 4.93. The largest absolute Gasteiger partial charge is 0.396 e. The van der Waals surface area contributed by atoms with E-state index in [0.29, 0.717) is 6.42 Å². The second kappa shape index (κ2) is 6.08. The quantitative estimate of drug-likeness (QED) is 0.465. The maximum absolute atomic E-state index is 9.67. The third-order valence-electron chi connectivity index (χ3n) is 2.92. The van der Waals surface area contributed by atoms with Crippen molar-refractivity contribution in [3.05, 3.63) is 0 Å². The third-order valence-corrected chi connectivity index (χ3v) is 2.92. The fourth-order valence-corrected chi connectivity index (χ4v) is 1.90. The lowest BCUT2D eigenvalue weighted by Gasteiger charge is -2.33. The molecule has 0 aromatic carbocycles. The van der Waals surface area contributed by atoms with E-state index in [0.717, 1.165) is 0 Å². The molecule has 0 bridgehead atoms. The number of aliphatic hydroxyl groups is 4. The van der Waals surface area contributed by atoms with E-state index < -0.39 is 30.0 Å². The molecule has 6 heteroatoms. The van der Waals surface area contributed by atoms with Crippen molar-refractivity contribution in [2.24, 2.45) is 0 Å². The maximum atomic E-state index is 9.67. The van der Waals surface area contributed by atoms with Crippen molar-refractivity contribution >= 4 is 0 Å². The summed E-state index contributed by atoms with van der Waals surface area (Å²) in [5, 5.41) is 37.2. The summed E-state index contributed by atoms with van der Waals surface area (Å²) in [5.41, 5.74) is -0.626. The molecule has 0 radical (unpaired) electrons. The number of ether oxygens (including phenoxy) is 2. The van der Waals surface area contributed by atoms with Gasteiger partial charge in [0.2, 0.25) is 0 Å². The lowest BCUT2D eigenvalue weighted by molar-refractivity contribution is -0.159. The van der Waals surface area contributed by atoms with Gasteiger partial charge in [0.05, 0.1) is 18.8 Å². The Morgan fingerprint density at radius 2 is 2.00 bits per heavy atom. The van der Waals surface area contributed by atoms with Gasteiger partial charge in [0.25, 0.3) is 0 Å². The molecule has 1 saturated heterocycles. The highest BCUT2D eigenvalue weighted by molar-refractivity contribution is 4.89. The van der Waals surface area contributed by atoms with Crippen molar-refractivity contribution in [3.63, 3.8) is 0 Å². The molecule has 1 fully saturated rings. The Morgan fingerprint density at radius 1 is 1.35 bits per heavy atom. The molecule has 0 aromatic rings. The van der Waals surface area contributed by atoms with Gasteiger partial charge in [-0.05, 0) is 20.3 Å². The molecule has 0 saturated carbocycles. The third kappa shape index (κ3) is 3.87. The molecular weight excluding hydrogens is 228 g/mol. The number of aliphatic hydroxyl groups excluding tert-OH is 4. The van der Waals surface area contributed by atoms with Crippen molar-refractivity contribution in [1.82, 2.24) is 0 Å². The lowest BCUT2D eigenvalue weighted by atomic mass is 10.0. The van der Waals surface area contributed by atoms with Crippen LogP contribution in [0.5, 0.6) is 0 Å². The van der Waals surface area contributed by atoms with Gasteiger partial charge in [-0.2, -0.15) is 0 Å². The van der Waals surface area contributed by atoms with E-state index in [1.54, 1.807) is 13.8 Å². The van der Waals surface area contributed by atoms with Gasteiger partial charge in [-0.1, -0.05) is 0 Å². The lowest BCUT2D eigenvalue weighted by Crippen LogP contribution is -2.46. The Morgan fingerprint density at radius 3 is 2.41 bits per heavy atom. The molecule has 1 rings (SSSR count). The van der Waals surface area contributed by atoms with E-state index >= 15 is 0 Å². The number of hydrogen-bond acceptors (Lipinski definition) is 6. The van der Waals surface area contributed by atoms with Crippen LogP contribution in [0.4, 0.5) is 0 Å². The summed E-state index contributed by atoms with van der Waals surface area (Å²) >= 11 is 0. The monoisotopic (exact) mass is 250 g/mol. The van der Waals surface area contributed by atoms with E-state index in [-0.39, 0.29) is 19.8 Å². The van der Waals surface area contributed by atoms with Crippen molar-refractivity contribution in [1.29, 1.82) is 0 Å². The summed E-state index contributed by atoms with van der Waals surface area (Å²) in [6.07, 6.45) is -3.05. The second-order valence-corrected chi connectivity index (χ2v) is 4.93. The van der Waals surface area contributed by atoms with Crippen molar-refractivity contribution in [2.45, 2.75) is 50.3 Å². The molecule has 1 heterocycles. The molecule has 0 aliphatic carbocycles. The van der Waals surface area contributed by atoms with Crippen LogP contribution in [-0.2, 0) is 9.47 Å². The van der Waals surface area contributed by atoms with Crippen LogP contribution in [0.2, 0.25) is 0 Å². The zero-order valence-electron chi connectivity index (χ0n) is 10.2. The van der Waals surface area contributed by atoms with Crippen molar-refractivity contribution in [2.75, 3.05) is 19.8 Å². The number of rotatable bonds is 6. The van der Waals surface area contributed by atoms with Crippen LogP contribution in [-0.4, -0.2) is 70.3 Å². The van der Waals surface area contributed by atoms with E-state index in [4.69, 9.17) is 14.6 Å². The highest BCUT2D eigenvalue weighted by Gasteiger charge is 2.41. The first kappa shape index (κ1) is 14.8. The SMILES string of the molecule is CC(C)(CCO)OC(CO)C1OCC(O)C1O. The number of hydrogen-bond donors (Lipinski definition) is 4. The average molecular weight is 250 g/mol. The molecule has 1 aliphatic heterocycles. The van der Waals surface area contributed by atoms with Crippen LogP contribution >= 0.6 is 0 Å². The van der Waals surface area contributed by atoms with Crippen LogP contribution in [0.1, 0.15) is 20.3 Å². The highest BCUT2D eigenvalue weighted by Crippen LogP contribution is 2.24. The molecule has 6 nitrogen and oxygen atoms in total. The molecule has 102 valence electrons. The fourth-order valence-electron chi connectivity index (χ4n) is 1.90. The molecule has 0 amide bonds. The van der Waals surface area contributed by atoms with Gasteiger partial charge in [-0.25, -0.2) is 0 Å². The molecule has 4 N–H and O–H groups in total. The molecule has 0 aromatic heterocycles. The zero-order chi connectivity index (χ0) is 13.1. The summed E-state index contributed by atoms with van der Waals surface area (Å²) in [6, 6.07) is 0. The predicted molar refractivity (Wildman–Crippen MR) is 59.5 cm³/mol. The van der Waals surface area contributed by atoms with E-state index in [9.17, 15) is 15.3 Å². The molecule has 4 atom stereocenters. The van der Waals surface area contributed by atoms with Gasteiger partial charge < -0.3 is 29.9 Å². The summed E-state index contributed by atoms with van der Waals surface area (Å²) in [5.74, 6) is 0. The Balaban J connectivity index is 2.59. The Kier molecular flexibility index (Phi) is 5.30. The summed E-state index contributed by atoms with van der Waals surface area (Å²) < 4.78 is 10.8. The Hall–Kier alpha value is -0.240. The van der Waals surface area contributed by atoms with Gasteiger partial charge in [0.15, 0.2) is 0 Å². The topological polar surface area (TPSA) is 99.4 Å². The van der Waals surface area contributed by atoms with Crippen molar-refractivity contribution in [3.8, 4) is 0 Å². The van der Waals surface area contributed by atoms with E-state index in [2.05, 4.69) is 0 Å². The Bertz CT molecular complexity index is 232. The van der Waals surface area contributed by atoms with Crippen molar-refractivity contribution < 1.29 is 29.9 Å². The highest BCUT2D eigenvalue weighted by atomic mass is 16.6. The molecule has 1 aliphatic rings. The summed E-state index contributed by atoms with van der Waals surface area (Å²) in [4.78, 5) is 0. The minimum atomic E-state index is -1.06. The average Bonchev–Trinajstić information content (AvgIpc) is 2.57. The standard InChI is InChI=1S/C11H22O6/c1-11(2,3-4-12)17-8(5-13)10-9(15)7(14)6-16-10/h7-10,12-15H,3-6H2,1-2H3. The van der Waals surface area contributed by atoms with Gasteiger partial charge in [-0.3, -0.25) is 0 Å².